The monoisotopic (exact) mass is 231 g/mol. The van der Waals surface area contributed by atoms with Gasteiger partial charge in [0, 0.05) is 13.2 Å². The second-order valence-electron chi connectivity index (χ2n) is 3.68. The summed E-state index contributed by atoms with van der Waals surface area (Å²) in [7, 11) is 1.81. The van der Waals surface area contributed by atoms with E-state index in [1.54, 1.807) is 22.9 Å². The van der Waals surface area contributed by atoms with E-state index in [2.05, 4.69) is 10.4 Å². The largest absolute Gasteiger partial charge is 0.507 e. The van der Waals surface area contributed by atoms with E-state index in [1.807, 2.05) is 19.3 Å². The van der Waals surface area contributed by atoms with E-state index >= 15 is 0 Å². The highest BCUT2D eigenvalue weighted by molar-refractivity contribution is 5.96. The van der Waals surface area contributed by atoms with E-state index in [0.717, 1.165) is 5.69 Å². The molecule has 0 aliphatic heterocycles. The summed E-state index contributed by atoms with van der Waals surface area (Å²) in [5, 5.41) is 16.3. The molecule has 1 heterocycles. The van der Waals surface area contributed by atoms with Gasteiger partial charge in [0.15, 0.2) is 0 Å². The minimum Gasteiger partial charge on any atom is -0.507 e. The molecule has 0 aliphatic rings. The predicted molar refractivity (Wildman–Crippen MR) is 62.5 cm³/mol. The average molecular weight is 231 g/mol. The lowest BCUT2D eigenvalue weighted by molar-refractivity contribution is 0.0947. The van der Waals surface area contributed by atoms with Crippen LogP contribution in [0.25, 0.3) is 0 Å². The van der Waals surface area contributed by atoms with Crippen molar-refractivity contribution >= 4 is 5.91 Å². The number of carbonyl (C=O) groups is 1. The van der Waals surface area contributed by atoms with Crippen LogP contribution in [-0.4, -0.2) is 20.8 Å². The van der Waals surface area contributed by atoms with E-state index in [9.17, 15) is 9.90 Å². The van der Waals surface area contributed by atoms with Gasteiger partial charge >= 0.3 is 0 Å². The standard InChI is InChI=1S/C12H13N3O2/c1-15-7-6-9(14-15)8-13-12(17)10-4-2-3-5-11(10)16/h2-7,16H,8H2,1H3,(H,13,17). The van der Waals surface area contributed by atoms with Gasteiger partial charge in [0.05, 0.1) is 17.8 Å². The first kappa shape index (κ1) is 11.2. The SMILES string of the molecule is Cn1ccc(CNC(=O)c2ccccc2O)n1. The van der Waals surface area contributed by atoms with Crippen molar-refractivity contribution < 1.29 is 9.90 Å². The predicted octanol–water partition coefficient (Wildman–Crippen LogP) is 1.06. The van der Waals surface area contributed by atoms with Gasteiger partial charge in [-0.15, -0.1) is 0 Å². The topological polar surface area (TPSA) is 67.2 Å². The fraction of sp³-hybridized carbons (Fsp3) is 0.167. The number of nitrogens with one attached hydrogen (secondary N) is 1. The maximum atomic E-state index is 11.7. The molecule has 1 aromatic heterocycles. The fourth-order valence-electron chi connectivity index (χ4n) is 1.49. The van der Waals surface area contributed by atoms with Gasteiger partial charge in [-0.2, -0.15) is 5.10 Å². The number of aromatic hydroxyl groups is 1. The summed E-state index contributed by atoms with van der Waals surface area (Å²) in [6, 6.07) is 8.25. The van der Waals surface area contributed by atoms with Crippen LogP contribution in [0.5, 0.6) is 5.75 Å². The Kier molecular flexibility index (Phi) is 3.09. The summed E-state index contributed by atoms with van der Waals surface area (Å²) >= 11 is 0. The summed E-state index contributed by atoms with van der Waals surface area (Å²) in [4.78, 5) is 11.7. The molecule has 0 spiro atoms. The number of phenolic OH excluding ortho intramolecular Hbond substituents is 1. The summed E-state index contributed by atoms with van der Waals surface area (Å²) in [5.74, 6) is -0.334. The summed E-state index contributed by atoms with van der Waals surface area (Å²) < 4.78 is 1.67. The lowest BCUT2D eigenvalue weighted by Crippen LogP contribution is -2.23. The first-order valence-electron chi connectivity index (χ1n) is 5.21. The quantitative estimate of drug-likeness (QED) is 0.829. The summed E-state index contributed by atoms with van der Waals surface area (Å²) in [5.41, 5.74) is 1.04. The van der Waals surface area contributed by atoms with Gasteiger partial charge in [0.2, 0.25) is 0 Å². The molecule has 1 amide bonds. The van der Waals surface area contributed by atoms with Crippen LogP contribution in [0.4, 0.5) is 0 Å². The first-order chi connectivity index (χ1) is 8.16. The molecule has 2 rings (SSSR count). The van der Waals surface area contributed by atoms with E-state index in [4.69, 9.17) is 0 Å². The molecule has 0 bridgehead atoms. The lowest BCUT2D eigenvalue weighted by Gasteiger charge is -2.04. The smallest absolute Gasteiger partial charge is 0.255 e. The number of hydrogen-bond acceptors (Lipinski definition) is 3. The zero-order valence-corrected chi connectivity index (χ0v) is 9.42. The number of hydrogen-bond donors (Lipinski definition) is 2. The zero-order valence-electron chi connectivity index (χ0n) is 9.42. The van der Waals surface area contributed by atoms with Crippen LogP contribution in [0.3, 0.4) is 0 Å². The minimum absolute atomic E-state index is 0.0222. The fourth-order valence-corrected chi connectivity index (χ4v) is 1.49. The Bertz CT molecular complexity index is 534. The third-order valence-electron chi connectivity index (χ3n) is 2.35. The Labute approximate surface area is 98.7 Å². The third-order valence-corrected chi connectivity index (χ3v) is 2.35. The molecule has 0 saturated heterocycles. The Morgan fingerprint density at radius 1 is 1.41 bits per heavy atom. The molecule has 0 saturated carbocycles. The molecule has 0 aliphatic carbocycles. The molecule has 0 radical (unpaired) electrons. The number of amides is 1. The van der Waals surface area contributed by atoms with Crippen molar-refractivity contribution in [2.24, 2.45) is 7.05 Å². The van der Waals surface area contributed by atoms with E-state index in [-0.39, 0.29) is 17.2 Å². The molecular formula is C12H13N3O2. The molecular weight excluding hydrogens is 218 g/mol. The molecule has 2 N–H and O–H groups in total. The molecule has 0 unspecified atom stereocenters. The van der Waals surface area contributed by atoms with Crippen LogP contribution in [0, 0.1) is 0 Å². The molecule has 17 heavy (non-hydrogen) atoms. The zero-order chi connectivity index (χ0) is 12.3. The number of carbonyl (C=O) groups excluding carboxylic acids is 1. The number of aryl methyl sites for hydroxylation is 1. The van der Waals surface area contributed by atoms with E-state index in [1.165, 1.54) is 6.07 Å². The van der Waals surface area contributed by atoms with Gasteiger partial charge in [-0.1, -0.05) is 12.1 Å². The Morgan fingerprint density at radius 3 is 2.82 bits per heavy atom. The highest BCUT2D eigenvalue weighted by Crippen LogP contribution is 2.15. The molecule has 5 nitrogen and oxygen atoms in total. The molecule has 0 fully saturated rings. The highest BCUT2D eigenvalue weighted by atomic mass is 16.3. The lowest BCUT2D eigenvalue weighted by atomic mass is 10.2. The van der Waals surface area contributed by atoms with Gasteiger partial charge in [-0.25, -0.2) is 0 Å². The molecule has 0 atom stereocenters. The van der Waals surface area contributed by atoms with Gasteiger partial charge in [0.1, 0.15) is 5.75 Å². The number of rotatable bonds is 3. The van der Waals surface area contributed by atoms with E-state index in [0.29, 0.717) is 6.54 Å². The number of para-hydroxylation sites is 1. The van der Waals surface area contributed by atoms with E-state index < -0.39 is 0 Å². The van der Waals surface area contributed by atoms with Gasteiger partial charge in [0.25, 0.3) is 5.91 Å². The van der Waals surface area contributed by atoms with Crippen molar-refractivity contribution in [1.82, 2.24) is 15.1 Å². The van der Waals surface area contributed by atoms with Gasteiger partial charge in [-0.3, -0.25) is 9.48 Å². The average Bonchev–Trinajstić information content (AvgIpc) is 2.73. The van der Waals surface area contributed by atoms with Crippen molar-refractivity contribution in [3.8, 4) is 5.75 Å². The van der Waals surface area contributed by atoms with Crippen molar-refractivity contribution in [3.05, 3.63) is 47.8 Å². The third kappa shape index (κ3) is 2.63. The first-order valence-corrected chi connectivity index (χ1v) is 5.21. The molecule has 2 aromatic rings. The number of aromatic nitrogens is 2. The van der Waals surface area contributed by atoms with Gasteiger partial charge in [-0.05, 0) is 18.2 Å². The van der Waals surface area contributed by atoms with Crippen LogP contribution in [-0.2, 0) is 13.6 Å². The summed E-state index contributed by atoms with van der Waals surface area (Å²) in [6.07, 6.45) is 1.81. The normalized spacial score (nSPS) is 10.2. The Balaban J connectivity index is 2.01. The van der Waals surface area contributed by atoms with Crippen LogP contribution in [0.1, 0.15) is 16.1 Å². The number of benzene rings is 1. The Hall–Kier alpha value is -2.30. The van der Waals surface area contributed by atoms with Crippen molar-refractivity contribution in [2.45, 2.75) is 6.54 Å². The number of nitrogens with zero attached hydrogens (tertiary/aromatic N) is 2. The molecule has 88 valence electrons. The van der Waals surface area contributed by atoms with Crippen LogP contribution in [0.15, 0.2) is 36.5 Å². The molecule has 5 heteroatoms. The van der Waals surface area contributed by atoms with Gasteiger partial charge < -0.3 is 10.4 Å². The van der Waals surface area contributed by atoms with Crippen molar-refractivity contribution in [1.29, 1.82) is 0 Å². The van der Waals surface area contributed by atoms with Crippen LogP contribution in [0.2, 0.25) is 0 Å². The number of phenols is 1. The second kappa shape index (κ2) is 4.69. The maximum absolute atomic E-state index is 11.7. The second-order valence-corrected chi connectivity index (χ2v) is 3.68. The Morgan fingerprint density at radius 2 is 2.18 bits per heavy atom. The maximum Gasteiger partial charge on any atom is 0.255 e. The van der Waals surface area contributed by atoms with Crippen LogP contribution >= 0.6 is 0 Å². The van der Waals surface area contributed by atoms with Crippen LogP contribution < -0.4 is 5.32 Å². The molecule has 1 aromatic carbocycles. The van der Waals surface area contributed by atoms with Crippen molar-refractivity contribution in [3.63, 3.8) is 0 Å². The minimum atomic E-state index is -0.311. The summed E-state index contributed by atoms with van der Waals surface area (Å²) in [6.45, 7) is 0.341. The van der Waals surface area contributed by atoms with Crippen molar-refractivity contribution in [2.75, 3.05) is 0 Å². The highest BCUT2D eigenvalue weighted by Gasteiger charge is 2.09.